The van der Waals surface area contributed by atoms with Gasteiger partial charge in [-0.1, -0.05) is 30.3 Å². The number of hydrogen-bond acceptors (Lipinski definition) is 3. The summed E-state index contributed by atoms with van der Waals surface area (Å²) in [4.78, 5) is 20.3. The summed E-state index contributed by atoms with van der Waals surface area (Å²) in [5.74, 6) is 0.645. The lowest BCUT2D eigenvalue weighted by atomic mass is 9.99. The smallest absolute Gasteiger partial charge is 0.254 e. The Labute approximate surface area is 166 Å². The molecule has 3 aromatic rings. The Hall–Kier alpha value is -2.72. The van der Waals surface area contributed by atoms with E-state index >= 15 is 0 Å². The second-order valence-electron chi connectivity index (χ2n) is 7.84. The maximum absolute atomic E-state index is 13.5. The van der Waals surface area contributed by atoms with Gasteiger partial charge in [0.2, 0.25) is 0 Å². The first-order valence-electron chi connectivity index (χ1n) is 9.98. The van der Waals surface area contributed by atoms with Gasteiger partial charge in [-0.3, -0.25) is 4.79 Å². The third-order valence-corrected chi connectivity index (χ3v) is 5.79. The van der Waals surface area contributed by atoms with Gasteiger partial charge < -0.3 is 10.2 Å². The van der Waals surface area contributed by atoms with Crippen molar-refractivity contribution in [1.29, 1.82) is 0 Å². The van der Waals surface area contributed by atoms with E-state index in [9.17, 15) is 4.79 Å². The van der Waals surface area contributed by atoms with Crippen LogP contribution in [-0.2, 0) is 0 Å². The fourth-order valence-corrected chi connectivity index (χ4v) is 4.06. The summed E-state index contributed by atoms with van der Waals surface area (Å²) >= 11 is 0. The first kappa shape index (κ1) is 18.6. The Kier molecular flexibility index (Phi) is 5.14. The average molecular weight is 374 g/mol. The normalized spacial score (nSPS) is 16.7. The molecule has 1 N–H and O–H groups in total. The number of rotatable bonds is 4. The SMILES string of the molecule is CNCC1CCN(C(=O)c2cc(-c3ccccc3)nc3cc(C)c(C)cc23)C1. The van der Waals surface area contributed by atoms with Crippen molar-refractivity contribution in [1.82, 2.24) is 15.2 Å². The van der Waals surface area contributed by atoms with Crippen LogP contribution < -0.4 is 5.32 Å². The molecule has 1 unspecified atom stereocenters. The molecule has 1 fully saturated rings. The summed E-state index contributed by atoms with van der Waals surface area (Å²) in [6.07, 6.45) is 1.05. The number of nitrogens with one attached hydrogen (secondary N) is 1. The first-order valence-corrected chi connectivity index (χ1v) is 9.98. The van der Waals surface area contributed by atoms with Gasteiger partial charge in [0.1, 0.15) is 0 Å². The van der Waals surface area contributed by atoms with Gasteiger partial charge in [-0.15, -0.1) is 0 Å². The second kappa shape index (κ2) is 7.72. The molecule has 1 amide bonds. The summed E-state index contributed by atoms with van der Waals surface area (Å²) in [6, 6.07) is 16.3. The number of likely N-dealkylation sites (tertiary alicyclic amines) is 1. The third kappa shape index (κ3) is 3.52. The monoisotopic (exact) mass is 373 g/mol. The highest BCUT2D eigenvalue weighted by Gasteiger charge is 2.28. The van der Waals surface area contributed by atoms with Crippen molar-refractivity contribution in [3.63, 3.8) is 0 Å². The van der Waals surface area contributed by atoms with Crippen LogP contribution in [0, 0.1) is 19.8 Å². The van der Waals surface area contributed by atoms with Crippen LogP contribution in [0.15, 0.2) is 48.5 Å². The van der Waals surface area contributed by atoms with Gasteiger partial charge in [0.15, 0.2) is 0 Å². The molecule has 1 saturated heterocycles. The zero-order valence-corrected chi connectivity index (χ0v) is 16.8. The second-order valence-corrected chi connectivity index (χ2v) is 7.84. The number of carbonyl (C=O) groups is 1. The van der Waals surface area contributed by atoms with Crippen molar-refractivity contribution >= 4 is 16.8 Å². The Bertz CT molecular complexity index is 1010. The summed E-state index contributed by atoms with van der Waals surface area (Å²) in [5, 5.41) is 4.18. The predicted octanol–water partition coefficient (Wildman–Crippen LogP) is 4.20. The Balaban J connectivity index is 1.81. The van der Waals surface area contributed by atoms with Crippen molar-refractivity contribution in [3.05, 3.63) is 65.2 Å². The van der Waals surface area contributed by atoms with Gasteiger partial charge in [-0.2, -0.15) is 0 Å². The van der Waals surface area contributed by atoms with Gasteiger partial charge in [0.05, 0.1) is 16.8 Å². The number of carbonyl (C=O) groups excluding carboxylic acids is 1. The standard InChI is InChI=1S/C24H27N3O/c1-16-11-20-21(24(28)27-10-9-18(15-27)14-25-3)13-22(19-7-5-4-6-8-19)26-23(20)12-17(16)2/h4-8,11-13,18,25H,9-10,14-15H2,1-3H3. The van der Waals surface area contributed by atoms with E-state index < -0.39 is 0 Å². The maximum Gasteiger partial charge on any atom is 0.254 e. The zero-order chi connectivity index (χ0) is 19.7. The molecule has 1 aliphatic rings. The molecule has 0 bridgehead atoms. The summed E-state index contributed by atoms with van der Waals surface area (Å²) < 4.78 is 0. The molecule has 4 heteroatoms. The minimum atomic E-state index is 0.117. The van der Waals surface area contributed by atoms with Crippen LogP contribution in [0.1, 0.15) is 27.9 Å². The Morgan fingerprint density at radius 2 is 1.89 bits per heavy atom. The van der Waals surface area contributed by atoms with Crippen LogP contribution in [0.4, 0.5) is 0 Å². The number of fused-ring (bicyclic) bond motifs is 1. The van der Waals surface area contributed by atoms with Crippen molar-refractivity contribution in [2.45, 2.75) is 20.3 Å². The van der Waals surface area contributed by atoms with Gasteiger partial charge in [-0.25, -0.2) is 4.98 Å². The minimum absolute atomic E-state index is 0.117. The van der Waals surface area contributed by atoms with Gasteiger partial charge in [0, 0.05) is 24.0 Å². The lowest BCUT2D eigenvalue weighted by molar-refractivity contribution is 0.0789. The molecule has 2 aromatic carbocycles. The lowest BCUT2D eigenvalue weighted by Crippen LogP contribution is -2.30. The first-order chi connectivity index (χ1) is 13.6. The van der Waals surface area contributed by atoms with Crippen LogP contribution in [0.2, 0.25) is 0 Å². The average Bonchev–Trinajstić information content (AvgIpc) is 3.17. The van der Waals surface area contributed by atoms with E-state index in [1.807, 2.05) is 48.3 Å². The minimum Gasteiger partial charge on any atom is -0.338 e. The zero-order valence-electron chi connectivity index (χ0n) is 16.8. The number of benzene rings is 2. The number of pyridine rings is 1. The van der Waals surface area contributed by atoms with Gasteiger partial charge in [0.25, 0.3) is 5.91 Å². The molecule has 28 heavy (non-hydrogen) atoms. The number of amides is 1. The van der Waals surface area contributed by atoms with Gasteiger partial charge in [-0.05, 0) is 69.1 Å². The fraction of sp³-hybridized carbons (Fsp3) is 0.333. The van der Waals surface area contributed by atoms with Crippen molar-refractivity contribution < 1.29 is 4.79 Å². The van der Waals surface area contributed by atoms with Crippen LogP contribution in [0.25, 0.3) is 22.2 Å². The number of hydrogen-bond donors (Lipinski definition) is 1. The molecule has 0 saturated carbocycles. The van der Waals surface area contributed by atoms with Crippen LogP contribution in [-0.4, -0.2) is 42.5 Å². The van der Waals surface area contributed by atoms with E-state index in [4.69, 9.17) is 4.98 Å². The van der Waals surface area contributed by atoms with Crippen LogP contribution >= 0.6 is 0 Å². The summed E-state index contributed by atoms with van der Waals surface area (Å²) in [7, 11) is 1.97. The molecule has 144 valence electrons. The highest BCUT2D eigenvalue weighted by Crippen LogP contribution is 2.29. The van der Waals surface area contributed by atoms with Crippen molar-refractivity contribution in [2.24, 2.45) is 5.92 Å². The third-order valence-electron chi connectivity index (χ3n) is 5.79. The summed E-state index contributed by atoms with van der Waals surface area (Å²) in [6.45, 7) is 6.77. The molecule has 0 aliphatic carbocycles. The van der Waals surface area contributed by atoms with Crippen LogP contribution in [0.5, 0.6) is 0 Å². The quantitative estimate of drug-likeness (QED) is 0.745. The number of nitrogens with zero attached hydrogens (tertiary/aromatic N) is 2. The highest BCUT2D eigenvalue weighted by molar-refractivity contribution is 6.07. The number of aromatic nitrogens is 1. The molecule has 0 radical (unpaired) electrons. The molecular formula is C24H27N3O. The molecule has 0 spiro atoms. The molecular weight excluding hydrogens is 346 g/mol. The van der Waals surface area contributed by atoms with E-state index in [1.165, 1.54) is 11.1 Å². The maximum atomic E-state index is 13.5. The number of aryl methyl sites for hydroxylation is 2. The molecule has 4 nitrogen and oxygen atoms in total. The van der Waals surface area contributed by atoms with Crippen molar-refractivity contribution in [3.8, 4) is 11.3 Å². The molecule has 2 heterocycles. The molecule has 1 aliphatic heterocycles. The largest absolute Gasteiger partial charge is 0.338 e. The Morgan fingerprint density at radius 3 is 2.64 bits per heavy atom. The molecule has 1 atom stereocenters. The van der Waals surface area contributed by atoms with E-state index in [0.29, 0.717) is 5.92 Å². The van der Waals surface area contributed by atoms with Crippen molar-refractivity contribution in [2.75, 3.05) is 26.7 Å². The fourth-order valence-electron chi connectivity index (χ4n) is 4.06. The van der Waals surface area contributed by atoms with E-state index in [-0.39, 0.29) is 5.91 Å². The van der Waals surface area contributed by atoms with Gasteiger partial charge >= 0.3 is 0 Å². The van der Waals surface area contributed by atoms with E-state index in [0.717, 1.165) is 53.8 Å². The van der Waals surface area contributed by atoms with E-state index in [2.05, 4.69) is 31.3 Å². The molecule has 1 aromatic heterocycles. The van der Waals surface area contributed by atoms with Crippen LogP contribution in [0.3, 0.4) is 0 Å². The van der Waals surface area contributed by atoms with E-state index in [1.54, 1.807) is 0 Å². The predicted molar refractivity (Wildman–Crippen MR) is 115 cm³/mol. The summed E-state index contributed by atoms with van der Waals surface area (Å²) in [5.41, 5.74) is 5.91. The molecule has 4 rings (SSSR count). The lowest BCUT2D eigenvalue weighted by Gasteiger charge is -2.19. The topological polar surface area (TPSA) is 45.2 Å². The highest BCUT2D eigenvalue weighted by atomic mass is 16.2. The Morgan fingerprint density at radius 1 is 1.14 bits per heavy atom.